The molecular formula is C16H22N2O3. The number of anilines is 1. The van der Waals surface area contributed by atoms with E-state index in [1.54, 1.807) is 11.8 Å². The molecule has 21 heavy (non-hydrogen) atoms. The first-order valence-electron chi connectivity index (χ1n) is 7.65. The van der Waals surface area contributed by atoms with Gasteiger partial charge in [-0.25, -0.2) is 0 Å². The zero-order valence-corrected chi connectivity index (χ0v) is 12.5. The second kappa shape index (κ2) is 5.66. The van der Waals surface area contributed by atoms with Gasteiger partial charge in [-0.2, -0.15) is 0 Å². The summed E-state index contributed by atoms with van der Waals surface area (Å²) in [6, 6.07) is 5.72. The highest BCUT2D eigenvalue weighted by molar-refractivity contribution is 5.99. The van der Waals surface area contributed by atoms with Crippen molar-refractivity contribution in [3.05, 3.63) is 23.8 Å². The molecule has 2 heterocycles. The van der Waals surface area contributed by atoms with Crippen LogP contribution in [0.1, 0.15) is 38.4 Å². The molecule has 2 N–H and O–H groups in total. The van der Waals surface area contributed by atoms with Gasteiger partial charge in [0.25, 0.3) is 5.91 Å². The van der Waals surface area contributed by atoms with Gasteiger partial charge < -0.3 is 20.1 Å². The number of hydrogen-bond acceptors (Lipinski definition) is 4. The summed E-state index contributed by atoms with van der Waals surface area (Å²) in [5, 5.41) is 13.8. The maximum absolute atomic E-state index is 12.2. The van der Waals surface area contributed by atoms with Crippen LogP contribution in [0.5, 0.6) is 5.75 Å². The Labute approximate surface area is 124 Å². The Morgan fingerprint density at radius 3 is 3.00 bits per heavy atom. The van der Waals surface area contributed by atoms with Crippen LogP contribution in [-0.4, -0.2) is 36.2 Å². The smallest absolute Gasteiger partial charge is 0.267 e. The SMILES string of the molecule is CCN1C(=O)C(C)Oc2ccc(C(O)C3CCCN3)cc21. The van der Waals surface area contributed by atoms with Gasteiger partial charge in [0, 0.05) is 12.6 Å². The maximum Gasteiger partial charge on any atom is 0.267 e. The van der Waals surface area contributed by atoms with E-state index < -0.39 is 12.2 Å². The van der Waals surface area contributed by atoms with Crippen molar-refractivity contribution >= 4 is 11.6 Å². The lowest BCUT2D eigenvalue weighted by Crippen LogP contribution is -2.44. The molecular weight excluding hydrogens is 268 g/mol. The van der Waals surface area contributed by atoms with E-state index >= 15 is 0 Å². The lowest BCUT2D eigenvalue weighted by molar-refractivity contribution is -0.125. The highest BCUT2D eigenvalue weighted by Gasteiger charge is 2.32. The molecule has 0 saturated carbocycles. The molecule has 3 rings (SSSR count). The molecule has 2 aliphatic rings. The van der Waals surface area contributed by atoms with Crippen LogP contribution in [0.3, 0.4) is 0 Å². The summed E-state index contributed by atoms with van der Waals surface area (Å²) in [4.78, 5) is 13.9. The third-order valence-electron chi connectivity index (χ3n) is 4.33. The van der Waals surface area contributed by atoms with Crippen LogP contribution in [-0.2, 0) is 4.79 Å². The third kappa shape index (κ3) is 2.51. The molecule has 5 heteroatoms. The van der Waals surface area contributed by atoms with Gasteiger partial charge in [-0.05, 0) is 50.9 Å². The summed E-state index contributed by atoms with van der Waals surface area (Å²) < 4.78 is 5.65. The van der Waals surface area contributed by atoms with Crippen molar-refractivity contribution in [1.29, 1.82) is 0 Å². The van der Waals surface area contributed by atoms with Crippen LogP contribution in [0.4, 0.5) is 5.69 Å². The lowest BCUT2D eigenvalue weighted by atomic mass is 9.99. The Morgan fingerprint density at radius 2 is 2.33 bits per heavy atom. The predicted octanol–water partition coefficient (Wildman–Crippen LogP) is 1.61. The Balaban J connectivity index is 1.92. The van der Waals surface area contributed by atoms with E-state index in [-0.39, 0.29) is 11.9 Å². The molecule has 2 aliphatic heterocycles. The van der Waals surface area contributed by atoms with Gasteiger partial charge in [-0.1, -0.05) is 6.07 Å². The molecule has 1 fully saturated rings. The van der Waals surface area contributed by atoms with E-state index in [0.29, 0.717) is 12.3 Å². The predicted molar refractivity (Wildman–Crippen MR) is 80.5 cm³/mol. The highest BCUT2D eigenvalue weighted by atomic mass is 16.5. The molecule has 0 aromatic heterocycles. The topological polar surface area (TPSA) is 61.8 Å². The van der Waals surface area contributed by atoms with Gasteiger partial charge in [0.05, 0.1) is 11.8 Å². The number of likely N-dealkylation sites (N-methyl/N-ethyl adjacent to an activating group) is 1. The zero-order valence-electron chi connectivity index (χ0n) is 12.5. The van der Waals surface area contributed by atoms with Crippen molar-refractivity contribution in [2.24, 2.45) is 0 Å². The van der Waals surface area contributed by atoms with E-state index in [1.807, 2.05) is 25.1 Å². The number of nitrogens with one attached hydrogen (secondary N) is 1. The molecule has 3 unspecified atom stereocenters. The van der Waals surface area contributed by atoms with E-state index in [1.165, 1.54) is 0 Å². The van der Waals surface area contributed by atoms with Crippen LogP contribution in [0, 0.1) is 0 Å². The fraction of sp³-hybridized carbons (Fsp3) is 0.562. The normalized spacial score (nSPS) is 26.4. The number of ether oxygens (including phenoxy) is 1. The molecule has 1 aromatic rings. The monoisotopic (exact) mass is 290 g/mol. The number of amides is 1. The molecule has 3 atom stereocenters. The molecule has 1 aromatic carbocycles. The minimum Gasteiger partial charge on any atom is -0.479 e. The number of carbonyl (C=O) groups is 1. The fourth-order valence-corrected chi connectivity index (χ4v) is 3.15. The lowest BCUT2D eigenvalue weighted by Gasteiger charge is -2.33. The molecule has 0 spiro atoms. The van der Waals surface area contributed by atoms with Crippen LogP contribution >= 0.6 is 0 Å². The first-order valence-corrected chi connectivity index (χ1v) is 7.65. The number of aliphatic hydroxyl groups excluding tert-OH is 1. The number of fused-ring (bicyclic) bond motifs is 1. The summed E-state index contributed by atoms with van der Waals surface area (Å²) in [5.41, 5.74) is 1.59. The van der Waals surface area contributed by atoms with E-state index in [4.69, 9.17) is 4.74 Å². The minimum absolute atomic E-state index is 0.0318. The van der Waals surface area contributed by atoms with Gasteiger partial charge in [0.1, 0.15) is 5.75 Å². The number of nitrogens with zero attached hydrogens (tertiary/aromatic N) is 1. The van der Waals surface area contributed by atoms with Gasteiger partial charge >= 0.3 is 0 Å². The third-order valence-corrected chi connectivity index (χ3v) is 4.33. The van der Waals surface area contributed by atoms with Crippen LogP contribution < -0.4 is 15.0 Å². The van der Waals surface area contributed by atoms with Crippen LogP contribution in [0.25, 0.3) is 0 Å². The van der Waals surface area contributed by atoms with E-state index in [0.717, 1.165) is 30.6 Å². The van der Waals surface area contributed by atoms with Gasteiger partial charge in [0.2, 0.25) is 0 Å². The zero-order chi connectivity index (χ0) is 15.0. The number of rotatable bonds is 3. The first kappa shape index (κ1) is 14.4. The molecule has 0 aliphatic carbocycles. The standard InChI is InChI=1S/C16H22N2O3/c1-3-18-13-9-11(15(19)12-5-4-8-17-12)6-7-14(13)21-10(2)16(18)20/h6-7,9-10,12,15,17,19H,3-5,8H2,1-2H3. The highest BCUT2D eigenvalue weighted by Crippen LogP contribution is 2.37. The summed E-state index contributed by atoms with van der Waals surface area (Å²) in [7, 11) is 0. The Hall–Kier alpha value is -1.59. The molecule has 0 radical (unpaired) electrons. The quantitative estimate of drug-likeness (QED) is 0.888. The molecule has 0 bridgehead atoms. The first-order chi connectivity index (χ1) is 10.1. The summed E-state index contributed by atoms with van der Waals surface area (Å²) in [6.07, 6.45) is 1.06. The summed E-state index contributed by atoms with van der Waals surface area (Å²) in [5.74, 6) is 0.676. The average molecular weight is 290 g/mol. The van der Waals surface area contributed by atoms with E-state index in [9.17, 15) is 9.90 Å². The second-order valence-corrected chi connectivity index (χ2v) is 5.72. The second-order valence-electron chi connectivity index (χ2n) is 5.72. The molecule has 114 valence electrons. The van der Waals surface area contributed by atoms with Crippen molar-refractivity contribution in [3.63, 3.8) is 0 Å². The Morgan fingerprint density at radius 1 is 1.52 bits per heavy atom. The van der Waals surface area contributed by atoms with Crippen molar-refractivity contribution in [1.82, 2.24) is 5.32 Å². The van der Waals surface area contributed by atoms with Crippen molar-refractivity contribution < 1.29 is 14.6 Å². The number of carbonyl (C=O) groups excluding carboxylic acids is 1. The Bertz CT molecular complexity index is 540. The van der Waals surface area contributed by atoms with Crippen LogP contribution in [0.15, 0.2) is 18.2 Å². The molecule has 1 amide bonds. The number of benzene rings is 1. The van der Waals surface area contributed by atoms with Crippen LogP contribution in [0.2, 0.25) is 0 Å². The van der Waals surface area contributed by atoms with Gasteiger partial charge in [0.15, 0.2) is 6.10 Å². The average Bonchev–Trinajstić information content (AvgIpc) is 3.02. The minimum atomic E-state index is -0.550. The summed E-state index contributed by atoms with van der Waals surface area (Å²) in [6.45, 7) is 5.26. The molecule has 1 saturated heterocycles. The van der Waals surface area contributed by atoms with Crippen molar-refractivity contribution in [3.8, 4) is 5.75 Å². The maximum atomic E-state index is 12.2. The number of aliphatic hydroxyl groups is 1. The van der Waals surface area contributed by atoms with Crippen molar-refractivity contribution in [2.75, 3.05) is 18.0 Å². The Kier molecular flexibility index (Phi) is 3.87. The van der Waals surface area contributed by atoms with Gasteiger partial charge in [-0.15, -0.1) is 0 Å². The van der Waals surface area contributed by atoms with Crippen molar-refractivity contribution in [2.45, 2.75) is 44.9 Å². The molecule has 5 nitrogen and oxygen atoms in total. The van der Waals surface area contributed by atoms with E-state index in [2.05, 4.69) is 5.32 Å². The fourth-order valence-electron chi connectivity index (χ4n) is 3.15. The van der Waals surface area contributed by atoms with Gasteiger partial charge in [-0.3, -0.25) is 4.79 Å². The largest absolute Gasteiger partial charge is 0.479 e. The summed E-state index contributed by atoms with van der Waals surface area (Å²) >= 11 is 0. The number of hydrogen-bond donors (Lipinski definition) is 2.